The Kier molecular flexibility index (Phi) is 2.03. The Bertz CT molecular complexity index is 413. The summed E-state index contributed by atoms with van der Waals surface area (Å²) in [4.78, 5) is 10.0. The molecule has 3 N–H and O–H groups in total. The molecule has 1 aliphatic carbocycles. The monoisotopic (exact) mass is 207 g/mol. The Hall–Kier alpha value is -1.78. The molecule has 5 heteroatoms. The summed E-state index contributed by atoms with van der Waals surface area (Å²) >= 11 is 0. The van der Waals surface area contributed by atoms with Crippen molar-refractivity contribution in [3.8, 4) is 0 Å². The molecular formula is C10H13N3O2. The van der Waals surface area contributed by atoms with Crippen molar-refractivity contribution in [1.29, 1.82) is 0 Å². The summed E-state index contributed by atoms with van der Waals surface area (Å²) in [6, 6.07) is 4.51. The number of hydrogen-bond acceptors (Lipinski definition) is 4. The van der Waals surface area contributed by atoms with Crippen molar-refractivity contribution in [2.75, 3.05) is 11.1 Å². The van der Waals surface area contributed by atoms with Crippen molar-refractivity contribution in [1.82, 2.24) is 0 Å². The molecule has 80 valence electrons. The molecule has 0 heterocycles. The maximum Gasteiger partial charge on any atom is 0.271 e. The molecule has 0 bridgehead atoms. The van der Waals surface area contributed by atoms with Gasteiger partial charge in [-0.05, 0) is 25.8 Å². The molecule has 1 aromatic rings. The fraction of sp³-hybridized carbons (Fsp3) is 0.400. The molecule has 1 saturated carbocycles. The lowest BCUT2D eigenvalue weighted by Crippen LogP contribution is -2.16. The number of nitro benzene ring substituents is 1. The second kappa shape index (κ2) is 3.12. The largest absolute Gasteiger partial charge is 0.397 e. The van der Waals surface area contributed by atoms with Crippen molar-refractivity contribution in [3.05, 3.63) is 28.3 Å². The summed E-state index contributed by atoms with van der Waals surface area (Å²) in [7, 11) is 0. The van der Waals surface area contributed by atoms with Gasteiger partial charge >= 0.3 is 0 Å². The lowest BCUT2D eigenvalue weighted by molar-refractivity contribution is -0.384. The summed E-state index contributed by atoms with van der Waals surface area (Å²) < 4.78 is 0. The van der Waals surface area contributed by atoms with Crippen LogP contribution in [-0.4, -0.2) is 10.5 Å². The lowest BCUT2D eigenvalue weighted by Gasteiger charge is -2.14. The van der Waals surface area contributed by atoms with Crippen LogP contribution in [0.1, 0.15) is 19.8 Å². The molecule has 0 radical (unpaired) electrons. The SMILES string of the molecule is CC1(Nc2ccc([N+](=O)[O-])cc2N)CC1. The summed E-state index contributed by atoms with van der Waals surface area (Å²) in [5, 5.41) is 13.8. The van der Waals surface area contributed by atoms with Gasteiger partial charge in [-0.25, -0.2) is 0 Å². The van der Waals surface area contributed by atoms with E-state index in [4.69, 9.17) is 5.73 Å². The molecule has 0 aromatic heterocycles. The molecule has 0 atom stereocenters. The van der Waals surface area contributed by atoms with Crippen LogP contribution in [0.5, 0.6) is 0 Å². The number of nitrogens with zero attached hydrogens (tertiary/aromatic N) is 1. The van der Waals surface area contributed by atoms with Crippen LogP contribution in [0.3, 0.4) is 0 Å². The van der Waals surface area contributed by atoms with E-state index in [-0.39, 0.29) is 11.2 Å². The van der Waals surface area contributed by atoms with Crippen molar-refractivity contribution >= 4 is 17.1 Å². The number of nitrogen functional groups attached to an aromatic ring is 1. The van der Waals surface area contributed by atoms with Crippen LogP contribution in [0, 0.1) is 10.1 Å². The quantitative estimate of drug-likeness (QED) is 0.452. The summed E-state index contributed by atoms with van der Waals surface area (Å²) in [6.07, 6.45) is 2.23. The highest BCUT2D eigenvalue weighted by Crippen LogP contribution is 2.39. The minimum atomic E-state index is -0.445. The Labute approximate surface area is 87.4 Å². The standard InChI is InChI=1S/C10H13N3O2/c1-10(4-5-10)12-9-3-2-7(13(14)15)6-8(9)11/h2-3,6,12H,4-5,11H2,1H3. The minimum absolute atomic E-state index is 0.0269. The highest BCUT2D eigenvalue weighted by molar-refractivity contribution is 5.70. The molecule has 15 heavy (non-hydrogen) atoms. The summed E-state index contributed by atoms with van der Waals surface area (Å²) in [6.45, 7) is 2.11. The van der Waals surface area contributed by atoms with E-state index in [0.29, 0.717) is 5.69 Å². The summed E-state index contributed by atoms with van der Waals surface area (Å²) in [5.41, 5.74) is 7.09. The number of nitrogens with one attached hydrogen (secondary N) is 1. The summed E-state index contributed by atoms with van der Waals surface area (Å²) in [5.74, 6) is 0. The van der Waals surface area contributed by atoms with Crippen LogP contribution in [0.2, 0.25) is 0 Å². The van der Waals surface area contributed by atoms with Gasteiger partial charge < -0.3 is 11.1 Å². The van der Waals surface area contributed by atoms with E-state index in [1.807, 2.05) is 0 Å². The van der Waals surface area contributed by atoms with Crippen LogP contribution < -0.4 is 11.1 Å². The second-order valence-electron chi connectivity index (χ2n) is 4.21. The van der Waals surface area contributed by atoms with Crippen LogP contribution in [-0.2, 0) is 0 Å². The van der Waals surface area contributed by atoms with E-state index in [9.17, 15) is 10.1 Å². The van der Waals surface area contributed by atoms with E-state index in [2.05, 4.69) is 12.2 Å². The predicted octanol–water partition coefficient (Wildman–Crippen LogP) is 2.14. The minimum Gasteiger partial charge on any atom is -0.397 e. The van der Waals surface area contributed by atoms with Crippen LogP contribution >= 0.6 is 0 Å². The van der Waals surface area contributed by atoms with Gasteiger partial charge in [0.15, 0.2) is 0 Å². The lowest BCUT2D eigenvalue weighted by atomic mass is 10.2. The maximum atomic E-state index is 10.5. The normalized spacial score (nSPS) is 17.1. The average Bonchev–Trinajstić information content (AvgIpc) is 2.87. The number of nitrogens with two attached hydrogens (primary N) is 1. The molecule has 2 rings (SSSR count). The molecule has 0 aliphatic heterocycles. The third-order valence-electron chi connectivity index (χ3n) is 2.68. The molecule has 0 spiro atoms. The third-order valence-corrected chi connectivity index (χ3v) is 2.68. The van der Waals surface area contributed by atoms with E-state index < -0.39 is 4.92 Å². The van der Waals surface area contributed by atoms with E-state index in [0.717, 1.165) is 18.5 Å². The Morgan fingerprint density at radius 1 is 1.53 bits per heavy atom. The first-order valence-electron chi connectivity index (χ1n) is 4.82. The number of rotatable bonds is 3. The fourth-order valence-electron chi connectivity index (χ4n) is 1.42. The number of nitro groups is 1. The smallest absolute Gasteiger partial charge is 0.271 e. The van der Waals surface area contributed by atoms with Gasteiger partial charge in [0.1, 0.15) is 0 Å². The first kappa shape index (κ1) is 9.76. The molecule has 1 aliphatic rings. The van der Waals surface area contributed by atoms with Gasteiger partial charge in [0.25, 0.3) is 5.69 Å². The third kappa shape index (κ3) is 2.01. The van der Waals surface area contributed by atoms with Gasteiger partial charge in [-0.3, -0.25) is 10.1 Å². The number of anilines is 2. The molecule has 1 fully saturated rings. The van der Waals surface area contributed by atoms with Gasteiger partial charge in [0.05, 0.1) is 16.3 Å². The first-order valence-corrected chi connectivity index (χ1v) is 4.82. The van der Waals surface area contributed by atoms with Crippen molar-refractivity contribution in [2.45, 2.75) is 25.3 Å². The highest BCUT2D eigenvalue weighted by Gasteiger charge is 2.37. The number of hydrogen-bond donors (Lipinski definition) is 2. The van der Waals surface area contributed by atoms with Crippen LogP contribution in [0.25, 0.3) is 0 Å². The topological polar surface area (TPSA) is 81.2 Å². The molecule has 0 saturated heterocycles. The van der Waals surface area contributed by atoms with Crippen LogP contribution in [0.15, 0.2) is 18.2 Å². The average molecular weight is 207 g/mol. The van der Waals surface area contributed by atoms with Gasteiger partial charge in [-0.1, -0.05) is 0 Å². The fourth-order valence-corrected chi connectivity index (χ4v) is 1.42. The second-order valence-corrected chi connectivity index (χ2v) is 4.21. The van der Waals surface area contributed by atoms with E-state index in [1.54, 1.807) is 6.07 Å². The Balaban J connectivity index is 2.22. The zero-order valence-corrected chi connectivity index (χ0v) is 8.49. The van der Waals surface area contributed by atoms with Crippen molar-refractivity contribution in [2.24, 2.45) is 0 Å². The zero-order valence-electron chi connectivity index (χ0n) is 8.49. The molecule has 0 amide bonds. The Morgan fingerprint density at radius 2 is 2.20 bits per heavy atom. The number of benzene rings is 1. The van der Waals surface area contributed by atoms with Gasteiger partial charge in [-0.2, -0.15) is 0 Å². The van der Waals surface area contributed by atoms with Crippen LogP contribution in [0.4, 0.5) is 17.1 Å². The number of non-ortho nitro benzene ring substituents is 1. The highest BCUT2D eigenvalue weighted by atomic mass is 16.6. The molecular weight excluding hydrogens is 194 g/mol. The molecule has 0 unspecified atom stereocenters. The zero-order chi connectivity index (χ0) is 11.1. The van der Waals surface area contributed by atoms with E-state index >= 15 is 0 Å². The maximum absolute atomic E-state index is 10.5. The first-order chi connectivity index (χ1) is 7.00. The predicted molar refractivity (Wildman–Crippen MR) is 58.8 cm³/mol. The molecule has 5 nitrogen and oxygen atoms in total. The van der Waals surface area contributed by atoms with E-state index in [1.165, 1.54) is 12.1 Å². The van der Waals surface area contributed by atoms with Gasteiger partial charge in [-0.15, -0.1) is 0 Å². The van der Waals surface area contributed by atoms with Crippen molar-refractivity contribution in [3.63, 3.8) is 0 Å². The Morgan fingerprint density at radius 3 is 2.67 bits per heavy atom. The molecule has 1 aromatic carbocycles. The van der Waals surface area contributed by atoms with Crippen molar-refractivity contribution < 1.29 is 4.92 Å². The van der Waals surface area contributed by atoms with Gasteiger partial charge in [0, 0.05) is 17.7 Å². The van der Waals surface area contributed by atoms with Gasteiger partial charge in [0.2, 0.25) is 0 Å².